The molecule has 3 aromatic carbocycles. The average molecular weight is 518 g/mol. The molecule has 2 bridgehead atoms. The van der Waals surface area contributed by atoms with E-state index in [0.717, 1.165) is 22.3 Å². The number of anilines is 1. The summed E-state index contributed by atoms with van der Waals surface area (Å²) >= 11 is 0. The van der Waals surface area contributed by atoms with Gasteiger partial charge in [-0.2, -0.15) is 0 Å². The van der Waals surface area contributed by atoms with Crippen molar-refractivity contribution in [1.82, 2.24) is 0 Å². The van der Waals surface area contributed by atoms with Gasteiger partial charge in [0.15, 0.2) is 0 Å². The second kappa shape index (κ2) is 9.49. The summed E-state index contributed by atoms with van der Waals surface area (Å²) in [7, 11) is 0. The maximum Gasteiger partial charge on any atom is 0.338 e. The van der Waals surface area contributed by atoms with E-state index in [1.807, 2.05) is 0 Å². The molecule has 2 amide bonds. The molecule has 0 aromatic heterocycles. The molecule has 1 aliphatic heterocycles. The van der Waals surface area contributed by atoms with Crippen LogP contribution < -0.4 is 4.90 Å². The van der Waals surface area contributed by atoms with Gasteiger partial charge in [0, 0.05) is 11.8 Å². The number of carbonyl (C=O) groups is 3. The van der Waals surface area contributed by atoms with Crippen molar-refractivity contribution in [3.8, 4) is 0 Å². The average Bonchev–Trinajstić information content (AvgIpc) is 3.55. The van der Waals surface area contributed by atoms with Gasteiger partial charge in [-0.3, -0.25) is 9.59 Å². The number of allylic oxidation sites excluding steroid dienone is 3. The molecule has 0 spiro atoms. The highest BCUT2D eigenvalue weighted by Gasteiger charge is 2.62. The summed E-state index contributed by atoms with van der Waals surface area (Å²) in [6.07, 6.45) is 4.00. The van der Waals surface area contributed by atoms with Crippen molar-refractivity contribution in [1.29, 1.82) is 0 Å². The third-order valence-corrected chi connectivity index (χ3v) is 8.09. The minimum atomic E-state index is -0.432. The van der Waals surface area contributed by atoms with Crippen molar-refractivity contribution in [2.75, 3.05) is 4.90 Å². The van der Waals surface area contributed by atoms with E-state index >= 15 is 0 Å². The van der Waals surface area contributed by atoms with Crippen molar-refractivity contribution < 1.29 is 19.1 Å². The number of carbonyl (C=O) groups excluding carboxylic acids is 3. The van der Waals surface area contributed by atoms with E-state index in [0.29, 0.717) is 11.3 Å². The zero-order chi connectivity index (χ0) is 27.4. The lowest BCUT2D eigenvalue weighted by molar-refractivity contribution is -0.122. The third kappa shape index (κ3) is 4.13. The number of esters is 1. The molecular formula is C34H31NO4. The van der Waals surface area contributed by atoms with Gasteiger partial charge in [-0.15, -0.1) is 0 Å². The second-order valence-electron chi connectivity index (χ2n) is 11.1. The summed E-state index contributed by atoms with van der Waals surface area (Å²) < 4.78 is 5.26. The lowest BCUT2D eigenvalue weighted by Crippen LogP contribution is -2.33. The number of rotatable bonds is 5. The lowest BCUT2D eigenvalue weighted by Gasteiger charge is -2.22. The molecule has 196 valence electrons. The maximum atomic E-state index is 13.8. The van der Waals surface area contributed by atoms with Crippen molar-refractivity contribution >= 4 is 29.0 Å². The van der Waals surface area contributed by atoms with Gasteiger partial charge in [0.05, 0.1) is 29.2 Å². The topological polar surface area (TPSA) is 63.7 Å². The van der Waals surface area contributed by atoms with Crippen LogP contribution in [0.2, 0.25) is 0 Å². The van der Waals surface area contributed by atoms with Gasteiger partial charge in [-0.05, 0) is 74.2 Å². The Kier molecular flexibility index (Phi) is 6.10. The smallest absolute Gasteiger partial charge is 0.338 e. The number of aryl methyl sites for hydroxylation is 2. The van der Waals surface area contributed by atoms with Crippen LogP contribution in [-0.2, 0) is 14.3 Å². The molecule has 1 heterocycles. The molecule has 2 aliphatic carbocycles. The molecule has 0 unspecified atom stereocenters. The molecule has 3 aromatic rings. The van der Waals surface area contributed by atoms with E-state index in [1.165, 1.54) is 16.0 Å². The number of fused-ring (bicyclic) bond motifs is 5. The van der Waals surface area contributed by atoms with Gasteiger partial charge >= 0.3 is 5.97 Å². The number of ether oxygens (including phenoxy) is 1. The van der Waals surface area contributed by atoms with Crippen molar-refractivity contribution in [3.05, 3.63) is 118 Å². The zero-order valence-corrected chi connectivity index (χ0v) is 22.5. The Morgan fingerprint density at radius 2 is 1.13 bits per heavy atom. The summed E-state index contributed by atoms with van der Waals surface area (Å²) in [6.45, 7) is 7.72. The molecule has 1 saturated heterocycles. The van der Waals surface area contributed by atoms with E-state index in [1.54, 1.807) is 38.1 Å². The highest BCUT2D eigenvalue weighted by molar-refractivity contribution is 6.23. The number of amides is 2. The molecule has 3 aliphatic rings. The van der Waals surface area contributed by atoms with Crippen molar-refractivity contribution in [3.63, 3.8) is 0 Å². The highest BCUT2D eigenvalue weighted by Crippen LogP contribution is 2.58. The van der Waals surface area contributed by atoms with E-state index < -0.39 is 17.8 Å². The third-order valence-electron chi connectivity index (χ3n) is 8.09. The molecule has 5 nitrogen and oxygen atoms in total. The molecule has 0 N–H and O–H groups in total. The predicted molar refractivity (Wildman–Crippen MR) is 151 cm³/mol. The van der Waals surface area contributed by atoms with Gasteiger partial charge in [0.1, 0.15) is 0 Å². The van der Waals surface area contributed by atoms with Crippen LogP contribution in [0.5, 0.6) is 0 Å². The molecule has 2 fully saturated rings. The SMILES string of the molecule is Cc1ccc(C(=C2[C@H]3C=C[C@H]2[C@H]2C(=O)N(c4ccc(C(=O)OC(C)C)cc4)C(=O)[C@@H]23)c2ccc(C)cc2)cc1. The minimum Gasteiger partial charge on any atom is -0.459 e. The Hall–Kier alpha value is -4.25. The van der Waals surface area contributed by atoms with Crippen LogP contribution in [-0.4, -0.2) is 23.9 Å². The van der Waals surface area contributed by atoms with Crippen LogP contribution in [0.1, 0.15) is 46.5 Å². The molecule has 0 radical (unpaired) electrons. The summed E-state index contributed by atoms with van der Waals surface area (Å²) in [5.74, 6) is -1.92. The van der Waals surface area contributed by atoms with E-state index in [4.69, 9.17) is 4.74 Å². The molecule has 1 saturated carbocycles. The summed E-state index contributed by atoms with van der Waals surface area (Å²) in [4.78, 5) is 41.3. The predicted octanol–water partition coefficient (Wildman–Crippen LogP) is 6.29. The summed E-state index contributed by atoms with van der Waals surface area (Å²) in [5, 5.41) is 0. The summed E-state index contributed by atoms with van der Waals surface area (Å²) in [5.41, 5.74) is 7.71. The lowest BCUT2D eigenvalue weighted by atomic mass is 9.85. The molecular weight excluding hydrogens is 486 g/mol. The number of hydrogen-bond acceptors (Lipinski definition) is 4. The first kappa shape index (κ1) is 25.1. The Labute approximate surface area is 228 Å². The number of benzene rings is 3. The van der Waals surface area contributed by atoms with Gasteiger partial charge in [0.2, 0.25) is 11.8 Å². The van der Waals surface area contributed by atoms with Crippen LogP contribution in [0, 0.1) is 37.5 Å². The Balaban J connectivity index is 1.38. The minimum absolute atomic E-state index is 0.139. The summed E-state index contributed by atoms with van der Waals surface area (Å²) in [6, 6.07) is 23.5. The first-order valence-corrected chi connectivity index (χ1v) is 13.5. The van der Waals surface area contributed by atoms with Crippen LogP contribution in [0.4, 0.5) is 5.69 Å². The van der Waals surface area contributed by atoms with E-state index in [9.17, 15) is 14.4 Å². The first-order chi connectivity index (χ1) is 18.7. The monoisotopic (exact) mass is 517 g/mol. The van der Waals surface area contributed by atoms with Crippen molar-refractivity contribution in [2.45, 2.75) is 33.8 Å². The van der Waals surface area contributed by atoms with Gasteiger partial charge in [-0.1, -0.05) is 71.8 Å². The Morgan fingerprint density at radius 3 is 1.56 bits per heavy atom. The van der Waals surface area contributed by atoms with Crippen LogP contribution in [0.25, 0.3) is 5.57 Å². The number of imide groups is 1. The van der Waals surface area contributed by atoms with E-state index in [2.05, 4.69) is 74.5 Å². The van der Waals surface area contributed by atoms with Crippen LogP contribution in [0.15, 0.2) is 90.5 Å². The van der Waals surface area contributed by atoms with Crippen LogP contribution >= 0.6 is 0 Å². The zero-order valence-electron chi connectivity index (χ0n) is 22.5. The fourth-order valence-corrected chi connectivity index (χ4v) is 6.32. The number of nitrogens with zero attached hydrogens (tertiary/aromatic N) is 1. The Morgan fingerprint density at radius 1 is 0.692 bits per heavy atom. The van der Waals surface area contributed by atoms with Gasteiger partial charge in [0.25, 0.3) is 0 Å². The largest absolute Gasteiger partial charge is 0.459 e. The molecule has 39 heavy (non-hydrogen) atoms. The van der Waals surface area contributed by atoms with Gasteiger partial charge in [-0.25, -0.2) is 9.69 Å². The first-order valence-electron chi connectivity index (χ1n) is 13.5. The Bertz CT molecular complexity index is 1450. The standard InChI is InChI=1S/C34H31NO4/c1-19(2)39-34(38)24-13-15-25(16-14-24)35-32(36)30-26-17-18-27(31(30)33(35)37)29(26)28(22-9-5-20(3)6-10-22)23-11-7-21(4)8-12-23/h5-19,26-27,30-31H,1-4H3/t26-,27-,30-,31-/m1/s1. The highest BCUT2D eigenvalue weighted by atomic mass is 16.5. The fraction of sp³-hybridized carbons (Fsp3) is 0.265. The molecule has 4 atom stereocenters. The van der Waals surface area contributed by atoms with E-state index in [-0.39, 0.29) is 29.8 Å². The normalized spacial score (nSPS) is 23.1. The van der Waals surface area contributed by atoms with Gasteiger partial charge < -0.3 is 4.74 Å². The van der Waals surface area contributed by atoms with Crippen LogP contribution in [0.3, 0.4) is 0 Å². The maximum absolute atomic E-state index is 13.8. The second-order valence-corrected chi connectivity index (χ2v) is 11.1. The molecule has 6 rings (SSSR count). The quantitative estimate of drug-likeness (QED) is 0.227. The fourth-order valence-electron chi connectivity index (χ4n) is 6.32. The molecule has 5 heteroatoms. The van der Waals surface area contributed by atoms with Crippen molar-refractivity contribution in [2.24, 2.45) is 23.7 Å². The number of hydrogen-bond donors (Lipinski definition) is 0.